The fourth-order valence-corrected chi connectivity index (χ4v) is 2.35. The van der Waals surface area contributed by atoms with Gasteiger partial charge in [-0.25, -0.2) is 4.98 Å². The molecule has 0 aliphatic heterocycles. The SMILES string of the molecule is O=C([O-])Cn1c(COc2ccc(Cl)cc2)nc2ccccc21.[K]. The number of carboxylic acid groups (broad SMARTS) is 1. The molecule has 7 heteroatoms. The van der Waals surface area contributed by atoms with Crippen LogP contribution in [0.25, 0.3) is 11.0 Å². The van der Waals surface area contributed by atoms with Gasteiger partial charge in [-0.05, 0) is 36.4 Å². The predicted molar refractivity (Wildman–Crippen MR) is 86.3 cm³/mol. The third-order valence-electron chi connectivity index (χ3n) is 3.20. The molecule has 3 aromatic rings. The molecule has 5 nitrogen and oxygen atoms in total. The Labute approximate surface area is 180 Å². The number of ether oxygens (including phenoxy) is 1. The number of aliphatic carboxylic acids is 1. The van der Waals surface area contributed by atoms with E-state index in [0.29, 0.717) is 16.6 Å². The van der Waals surface area contributed by atoms with Crippen molar-refractivity contribution in [2.75, 3.05) is 0 Å². The van der Waals surface area contributed by atoms with E-state index in [1.165, 1.54) is 0 Å². The third-order valence-corrected chi connectivity index (χ3v) is 3.45. The van der Waals surface area contributed by atoms with Gasteiger partial charge in [0.1, 0.15) is 18.2 Å². The number of benzene rings is 2. The Morgan fingerprint density at radius 1 is 1.17 bits per heavy atom. The molecule has 0 amide bonds. The van der Waals surface area contributed by atoms with Crippen LogP contribution in [0.1, 0.15) is 5.82 Å². The van der Waals surface area contributed by atoms with Crippen molar-refractivity contribution in [3.8, 4) is 5.75 Å². The fraction of sp³-hybridized carbons (Fsp3) is 0.125. The molecule has 0 N–H and O–H groups in total. The number of imidazole rings is 1. The predicted octanol–water partition coefficient (Wildman–Crippen LogP) is 1.64. The maximum Gasteiger partial charge on any atom is 0.148 e. The van der Waals surface area contributed by atoms with Gasteiger partial charge in [-0.1, -0.05) is 23.7 Å². The normalized spacial score (nSPS) is 10.3. The van der Waals surface area contributed by atoms with Crippen LogP contribution in [-0.4, -0.2) is 66.9 Å². The number of carboxylic acids is 1. The fourth-order valence-electron chi connectivity index (χ4n) is 2.22. The Morgan fingerprint density at radius 3 is 2.57 bits per heavy atom. The van der Waals surface area contributed by atoms with Crippen LogP contribution < -0.4 is 9.84 Å². The Balaban J connectivity index is 0.00000192. The molecule has 0 unspecified atom stereocenters. The standard InChI is InChI=1S/C16H13ClN2O3.K/c17-11-5-7-12(8-6-11)22-10-15-18-13-3-1-2-4-14(13)19(15)9-16(20)21;/h1-8H,9-10H2,(H,20,21);/p-1. The van der Waals surface area contributed by atoms with E-state index in [9.17, 15) is 9.90 Å². The largest absolute Gasteiger partial charge is 0.548 e. The molecule has 1 aromatic heterocycles. The van der Waals surface area contributed by atoms with Crippen molar-refractivity contribution in [2.24, 2.45) is 0 Å². The minimum Gasteiger partial charge on any atom is -0.548 e. The van der Waals surface area contributed by atoms with Crippen LogP contribution in [0, 0.1) is 0 Å². The van der Waals surface area contributed by atoms with Crippen LogP contribution in [-0.2, 0) is 17.9 Å². The summed E-state index contributed by atoms with van der Waals surface area (Å²) in [6.07, 6.45) is 0. The van der Waals surface area contributed by atoms with Crippen molar-refractivity contribution in [3.63, 3.8) is 0 Å². The number of rotatable bonds is 5. The van der Waals surface area contributed by atoms with Crippen LogP contribution in [0.15, 0.2) is 48.5 Å². The molecule has 0 aliphatic rings. The summed E-state index contributed by atoms with van der Waals surface area (Å²) >= 11 is 5.82. The van der Waals surface area contributed by atoms with E-state index in [-0.39, 0.29) is 64.5 Å². The van der Waals surface area contributed by atoms with E-state index in [2.05, 4.69) is 4.98 Å². The van der Waals surface area contributed by atoms with Gasteiger partial charge < -0.3 is 19.2 Å². The summed E-state index contributed by atoms with van der Waals surface area (Å²) in [7, 11) is 0. The van der Waals surface area contributed by atoms with Crippen LogP contribution in [0.5, 0.6) is 5.75 Å². The van der Waals surface area contributed by atoms with Crippen molar-refractivity contribution in [3.05, 3.63) is 59.4 Å². The van der Waals surface area contributed by atoms with Crippen LogP contribution in [0.3, 0.4) is 0 Å². The first-order valence-electron chi connectivity index (χ1n) is 6.66. The molecule has 0 spiro atoms. The van der Waals surface area contributed by atoms with E-state index in [4.69, 9.17) is 16.3 Å². The molecule has 1 heterocycles. The van der Waals surface area contributed by atoms with E-state index in [0.717, 1.165) is 11.0 Å². The minimum absolute atomic E-state index is 0. The molecular formula is C16H12ClKN2O3-. The van der Waals surface area contributed by atoms with E-state index >= 15 is 0 Å². The van der Waals surface area contributed by atoms with Crippen molar-refractivity contribution in [2.45, 2.75) is 13.2 Å². The van der Waals surface area contributed by atoms with Gasteiger partial charge in [-0.15, -0.1) is 0 Å². The van der Waals surface area contributed by atoms with Gasteiger partial charge in [0.2, 0.25) is 0 Å². The number of hydrogen-bond donors (Lipinski definition) is 0. The zero-order valence-corrected chi connectivity index (χ0v) is 16.4. The van der Waals surface area contributed by atoms with Crippen LogP contribution in [0.2, 0.25) is 5.02 Å². The second kappa shape index (κ2) is 8.28. The molecule has 113 valence electrons. The number of halogens is 1. The zero-order chi connectivity index (χ0) is 15.5. The minimum atomic E-state index is -1.17. The molecule has 0 aliphatic carbocycles. The van der Waals surface area contributed by atoms with Gasteiger partial charge in [0.05, 0.1) is 23.5 Å². The molecule has 2 aromatic carbocycles. The molecule has 0 saturated heterocycles. The van der Waals surface area contributed by atoms with E-state index in [1.807, 2.05) is 24.3 Å². The van der Waals surface area contributed by atoms with Crippen molar-refractivity contribution >= 4 is 80.0 Å². The number of nitrogens with zero attached hydrogens (tertiary/aromatic N) is 2. The Bertz CT molecular complexity index is 818. The van der Waals surface area contributed by atoms with Gasteiger partial charge >= 0.3 is 0 Å². The van der Waals surface area contributed by atoms with Gasteiger partial charge in [0.15, 0.2) is 0 Å². The summed E-state index contributed by atoms with van der Waals surface area (Å²) in [5.41, 5.74) is 1.46. The van der Waals surface area contributed by atoms with Crippen LogP contribution in [0.4, 0.5) is 0 Å². The maximum atomic E-state index is 11.0. The smallest absolute Gasteiger partial charge is 0.148 e. The summed E-state index contributed by atoms with van der Waals surface area (Å²) in [6.45, 7) is -0.108. The van der Waals surface area contributed by atoms with Gasteiger partial charge in [0.25, 0.3) is 0 Å². The summed E-state index contributed by atoms with van der Waals surface area (Å²) < 4.78 is 7.23. The van der Waals surface area contributed by atoms with Gasteiger partial charge in [-0.2, -0.15) is 0 Å². The number of para-hydroxylation sites is 2. The first-order valence-corrected chi connectivity index (χ1v) is 7.03. The first kappa shape index (κ1) is 18.4. The number of fused-ring (bicyclic) bond motifs is 1. The third kappa shape index (κ3) is 4.56. The number of carbonyl (C=O) groups excluding carboxylic acids is 1. The zero-order valence-electron chi connectivity index (χ0n) is 12.5. The Hall–Kier alpha value is -0.894. The number of hydrogen-bond acceptors (Lipinski definition) is 4. The quantitative estimate of drug-likeness (QED) is 0.653. The van der Waals surface area contributed by atoms with Crippen molar-refractivity contribution < 1.29 is 14.6 Å². The average molecular weight is 355 g/mol. The second-order valence-electron chi connectivity index (χ2n) is 4.72. The van der Waals surface area contributed by atoms with Gasteiger partial charge in [-0.3, -0.25) is 0 Å². The first-order chi connectivity index (χ1) is 10.6. The topological polar surface area (TPSA) is 67.2 Å². The summed E-state index contributed by atoms with van der Waals surface area (Å²) in [4.78, 5) is 15.4. The molecule has 0 bridgehead atoms. The van der Waals surface area contributed by atoms with Gasteiger partial charge in [0, 0.05) is 56.4 Å². The summed E-state index contributed by atoms with van der Waals surface area (Å²) in [6, 6.07) is 14.3. The average Bonchev–Trinajstić information content (AvgIpc) is 2.84. The summed E-state index contributed by atoms with van der Waals surface area (Å²) in [5, 5.41) is 11.6. The maximum absolute atomic E-state index is 11.0. The Kier molecular flexibility index (Phi) is 6.64. The summed E-state index contributed by atoms with van der Waals surface area (Å²) in [5.74, 6) is -0.00676. The molecule has 0 fully saturated rings. The monoisotopic (exact) mass is 354 g/mol. The Morgan fingerprint density at radius 2 is 1.87 bits per heavy atom. The van der Waals surface area contributed by atoms with E-state index in [1.54, 1.807) is 28.8 Å². The molecule has 3 rings (SSSR count). The molecule has 0 atom stereocenters. The van der Waals surface area contributed by atoms with Crippen molar-refractivity contribution in [1.29, 1.82) is 0 Å². The molecule has 1 radical (unpaired) electrons. The number of aromatic nitrogens is 2. The molecule has 23 heavy (non-hydrogen) atoms. The molecule has 0 saturated carbocycles. The van der Waals surface area contributed by atoms with Crippen molar-refractivity contribution in [1.82, 2.24) is 9.55 Å². The molecular weight excluding hydrogens is 343 g/mol. The second-order valence-corrected chi connectivity index (χ2v) is 5.15. The van der Waals surface area contributed by atoms with E-state index < -0.39 is 5.97 Å². The van der Waals surface area contributed by atoms with Crippen LogP contribution >= 0.6 is 11.6 Å². The number of carbonyl (C=O) groups is 1.